The molecule has 0 aliphatic rings. The molecule has 0 saturated carbocycles. The Morgan fingerprint density at radius 3 is 2.43 bits per heavy atom. The smallest absolute Gasteiger partial charge is 0.265 e. The van der Waals surface area contributed by atoms with Crippen LogP contribution in [0.5, 0.6) is 0 Å². The summed E-state index contributed by atoms with van der Waals surface area (Å²) in [4.78, 5) is 11.4. The van der Waals surface area contributed by atoms with E-state index in [0.29, 0.717) is 4.47 Å². The molecule has 1 amide bonds. The standard InChI is InChI=1S/C8H8BrNO3S/c1-14(12,13)10-8(11)6-4-2-3-5-7(6)9/h2-5H,1H3,(H,10,11). The fourth-order valence-corrected chi connectivity index (χ4v) is 1.78. The Hall–Kier alpha value is -0.880. The first-order valence-electron chi connectivity index (χ1n) is 3.67. The van der Waals surface area contributed by atoms with Crippen molar-refractivity contribution in [3.8, 4) is 0 Å². The third-order valence-corrected chi connectivity index (χ3v) is 2.64. The van der Waals surface area contributed by atoms with Gasteiger partial charge in [-0.25, -0.2) is 13.1 Å². The van der Waals surface area contributed by atoms with Gasteiger partial charge in [0, 0.05) is 4.47 Å². The zero-order valence-corrected chi connectivity index (χ0v) is 9.72. The van der Waals surface area contributed by atoms with Gasteiger partial charge >= 0.3 is 0 Å². The molecule has 4 nitrogen and oxygen atoms in total. The lowest BCUT2D eigenvalue weighted by molar-refractivity contribution is 0.0981. The Morgan fingerprint density at radius 2 is 1.93 bits per heavy atom. The minimum Gasteiger partial charge on any atom is -0.268 e. The molecule has 0 aliphatic carbocycles. The van der Waals surface area contributed by atoms with Crippen molar-refractivity contribution >= 4 is 31.9 Å². The third kappa shape index (κ3) is 3.12. The molecule has 1 rings (SSSR count). The lowest BCUT2D eigenvalue weighted by Gasteiger charge is -2.03. The second-order valence-corrected chi connectivity index (χ2v) is 5.29. The molecule has 1 aromatic rings. The number of rotatable bonds is 2. The quantitative estimate of drug-likeness (QED) is 0.882. The van der Waals surface area contributed by atoms with E-state index in [1.807, 2.05) is 4.72 Å². The second-order valence-electron chi connectivity index (χ2n) is 2.68. The summed E-state index contributed by atoms with van der Waals surface area (Å²) in [5.41, 5.74) is 0.290. The number of carbonyl (C=O) groups is 1. The van der Waals surface area contributed by atoms with Gasteiger partial charge in [0.25, 0.3) is 5.91 Å². The van der Waals surface area contributed by atoms with Crippen LogP contribution in [0.3, 0.4) is 0 Å². The van der Waals surface area contributed by atoms with Crippen molar-refractivity contribution in [2.45, 2.75) is 0 Å². The molecule has 1 aromatic carbocycles. The van der Waals surface area contributed by atoms with Gasteiger partial charge in [-0.05, 0) is 28.1 Å². The number of hydrogen-bond acceptors (Lipinski definition) is 3. The van der Waals surface area contributed by atoms with E-state index in [4.69, 9.17) is 0 Å². The van der Waals surface area contributed by atoms with Gasteiger partial charge in [0.15, 0.2) is 0 Å². The van der Waals surface area contributed by atoms with E-state index in [1.165, 1.54) is 6.07 Å². The minimum atomic E-state index is -3.51. The van der Waals surface area contributed by atoms with Crippen molar-refractivity contribution in [1.29, 1.82) is 0 Å². The van der Waals surface area contributed by atoms with Crippen LogP contribution in [0.2, 0.25) is 0 Å². The zero-order valence-electron chi connectivity index (χ0n) is 7.32. The predicted molar refractivity (Wildman–Crippen MR) is 56.5 cm³/mol. The van der Waals surface area contributed by atoms with Crippen LogP contribution in [0.25, 0.3) is 0 Å². The number of amides is 1. The molecule has 1 N–H and O–H groups in total. The lowest BCUT2D eigenvalue weighted by atomic mass is 10.2. The summed E-state index contributed by atoms with van der Waals surface area (Å²) in [6.07, 6.45) is 0.932. The Bertz CT molecular complexity index is 455. The summed E-state index contributed by atoms with van der Waals surface area (Å²) in [6.45, 7) is 0. The first-order chi connectivity index (χ1) is 6.40. The Balaban J connectivity index is 2.97. The third-order valence-electron chi connectivity index (χ3n) is 1.40. The predicted octanol–water partition coefficient (Wildman–Crippen LogP) is 1.14. The molecule has 14 heavy (non-hydrogen) atoms. The van der Waals surface area contributed by atoms with Gasteiger partial charge in [0.1, 0.15) is 0 Å². The average Bonchev–Trinajstić information content (AvgIpc) is 2.01. The number of benzene rings is 1. The van der Waals surface area contributed by atoms with Crippen molar-refractivity contribution in [2.75, 3.05) is 6.26 Å². The molecule has 0 radical (unpaired) electrons. The van der Waals surface area contributed by atoms with Crippen molar-refractivity contribution in [2.24, 2.45) is 0 Å². The van der Waals surface area contributed by atoms with Gasteiger partial charge in [-0.1, -0.05) is 12.1 Å². The normalized spacial score (nSPS) is 11.0. The summed E-state index contributed by atoms with van der Waals surface area (Å²) in [6, 6.07) is 6.59. The average molecular weight is 278 g/mol. The van der Waals surface area contributed by atoms with Crippen LogP contribution >= 0.6 is 15.9 Å². The molecular weight excluding hydrogens is 270 g/mol. The van der Waals surface area contributed by atoms with E-state index in [0.717, 1.165) is 6.26 Å². The highest BCUT2D eigenvalue weighted by Gasteiger charge is 2.12. The van der Waals surface area contributed by atoms with E-state index in [9.17, 15) is 13.2 Å². The molecule has 0 bridgehead atoms. The highest BCUT2D eigenvalue weighted by Crippen LogP contribution is 2.15. The first-order valence-corrected chi connectivity index (χ1v) is 6.35. The van der Waals surface area contributed by atoms with Gasteiger partial charge < -0.3 is 0 Å². The fourth-order valence-electron chi connectivity index (χ4n) is 0.869. The van der Waals surface area contributed by atoms with Gasteiger partial charge in [-0.3, -0.25) is 4.79 Å². The summed E-state index contributed by atoms with van der Waals surface area (Å²) in [7, 11) is -3.51. The van der Waals surface area contributed by atoms with Crippen molar-refractivity contribution < 1.29 is 13.2 Å². The topological polar surface area (TPSA) is 63.2 Å². The number of halogens is 1. The van der Waals surface area contributed by atoms with Crippen molar-refractivity contribution in [3.63, 3.8) is 0 Å². The summed E-state index contributed by atoms with van der Waals surface area (Å²) >= 11 is 3.15. The summed E-state index contributed by atoms with van der Waals surface area (Å²) < 4.78 is 24.0. The van der Waals surface area contributed by atoms with Crippen LogP contribution in [-0.2, 0) is 10.0 Å². The fraction of sp³-hybridized carbons (Fsp3) is 0.125. The summed E-state index contributed by atoms with van der Waals surface area (Å²) in [5, 5.41) is 0. The van der Waals surface area contributed by atoms with Crippen molar-refractivity contribution in [1.82, 2.24) is 4.72 Å². The minimum absolute atomic E-state index is 0.290. The van der Waals surface area contributed by atoms with E-state index < -0.39 is 15.9 Å². The molecule has 76 valence electrons. The molecule has 6 heteroatoms. The molecule has 0 aromatic heterocycles. The molecular formula is C8H8BrNO3S. The van der Waals surface area contributed by atoms with E-state index in [-0.39, 0.29) is 5.56 Å². The van der Waals surface area contributed by atoms with Gasteiger partial charge in [0.05, 0.1) is 11.8 Å². The molecule has 0 heterocycles. The van der Waals surface area contributed by atoms with Crippen LogP contribution in [0.1, 0.15) is 10.4 Å². The first kappa shape index (κ1) is 11.2. The maximum atomic E-state index is 11.4. The van der Waals surface area contributed by atoms with Gasteiger partial charge in [-0.2, -0.15) is 0 Å². The number of hydrogen-bond donors (Lipinski definition) is 1. The molecule has 0 atom stereocenters. The van der Waals surface area contributed by atoms with Crippen LogP contribution in [-0.4, -0.2) is 20.6 Å². The maximum absolute atomic E-state index is 11.4. The van der Waals surface area contributed by atoms with E-state index in [1.54, 1.807) is 18.2 Å². The molecule has 0 saturated heterocycles. The number of sulfonamides is 1. The highest BCUT2D eigenvalue weighted by atomic mass is 79.9. The highest BCUT2D eigenvalue weighted by molar-refractivity contribution is 9.10. The zero-order chi connectivity index (χ0) is 10.8. The van der Waals surface area contributed by atoms with Gasteiger partial charge in [0.2, 0.25) is 10.0 Å². The summed E-state index contributed by atoms with van der Waals surface area (Å²) in [5.74, 6) is -0.639. The van der Waals surface area contributed by atoms with Gasteiger partial charge in [-0.15, -0.1) is 0 Å². The van der Waals surface area contributed by atoms with Crippen LogP contribution in [0.4, 0.5) is 0 Å². The molecule has 0 fully saturated rings. The van der Waals surface area contributed by atoms with Crippen LogP contribution < -0.4 is 4.72 Å². The molecule has 0 aliphatic heterocycles. The Labute approximate surface area is 90.5 Å². The lowest BCUT2D eigenvalue weighted by Crippen LogP contribution is -2.29. The number of nitrogens with one attached hydrogen (secondary N) is 1. The molecule has 0 spiro atoms. The Morgan fingerprint density at radius 1 is 1.36 bits per heavy atom. The van der Waals surface area contributed by atoms with E-state index in [2.05, 4.69) is 15.9 Å². The molecule has 0 unspecified atom stereocenters. The largest absolute Gasteiger partial charge is 0.268 e. The van der Waals surface area contributed by atoms with E-state index >= 15 is 0 Å². The number of carbonyl (C=O) groups excluding carboxylic acids is 1. The monoisotopic (exact) mass is 277 g/mol. The van der Waals surface area contributed by atoms with Crippen molar-refractivity contribution in [3.05, 3.63) is 34.3 Å². The maximum Gasteiger partial charge on any atom is 0.265 e. The second kappa shape index (κ2) is 4.10. The van der Waals surface area contributed by atoms with Crippen LogP contribution in [0, 0.1) is 0 Å². The SMILES string of the molecule is CS(=O)(=O)NC(=O)c1ccccc1Br. The van der Waals surface area contributed by atoms with Crippen LogP contribution in [0.15, 0.2) is 28.7 Å². The Kier molecular flexibility index (Phi) is 3.28.